The SMILES string of the molecule is COc1ccc(Cn2c(C(=O)NC3CCCCCC3)cn3c(-c4ccccc4)ccc3c2=O)cc1. The molecule has 1 saturated carbocycles. The second-order valence-corrected chi connectivity index (χ2v) is 9.26. The lowest BCUT2D eigenvalue weighted by Crippen LogP contribution is -2.39. The predicted molar refractivity (Wildman–Crippen MR) is 138 cm³/mol. The molecule has 0 bridgehead atoms. The van der Waals surface area contributed by atoms with Crippen molar-refractivity contribution < 1.29 is 9.53 Å². The number of ether oxygens (including phenoxy) is 1. The standard InChI is InChI=1S/C29H31N3O3/c1-35-24-15-13-21(14-16-24)19-32-27(28(33)30-23-11-7-2-3-8-12-23)20-31-25(17-18-26(31)29(32)34)22-9-5-4-6-10-22/h4-6,9-10,13-18,20,23H,2-3,7-8,11-12,19H2,1H3,(H,30,33). The number of benzene rings is 2. The van der Waals surface area contributed by atoms with Gasteiger partial charge >= 0.3 is 0 Å². The molecule has 0 spiro atoms. The highest BCUT2D eigenvalue weighted by molar-refractivity contribution is 5.93. The molecule has 0 unspecified atom stereocenters. The molecule has 0 saturated heterocycles. The molecule has 1 aliphatic carbocycles. The molecule has 6 nitrogen and oxygen atoms in total. The Kier molecular flexibility index (Phi) is 6.70. The van der Waals surface area contributed by atoms with Crippen molar-refractivity contribution in [1.82, 2.24) is 14.3 Å². The van der Waals surface area contributed by atoms with E-state index in [0.717, 1.165) is 48.3 Å². The average Bonchev–Trinajstić information content (AvgIpc) is 3.16. The number of fused-ring (bicyclic) bond motifs is 1. The number of nitrogens with zero attached hydrogens (tertiary/aromatic N) is 2. The largest absolute Gasteiger partial charge is 0.497 e. The van der Waals surface area contributed by atoms with E-state index in [1.807, 2.05) is 77.3 Å². The first kappa shape index (κ1) is 23.0. The van der Waals surface area contributed by atoms with Crippen molar-refractivity contribution in [1.29, 1.82) is 0 Å². The molecule has 1 fully saturated rings. The molecule has 6 heteroatoms. The summed E-state index contributed by atoms with van der Waals surface area (Å²) in [6.45, 7) is 0.304. The molecular weight excluding hydrogens is 438 g/mol. The fourth-order valence-corrected chi connectivity index (χ4v) is 4.98. The summed E-state index contributed by atoms with van der Waals surface area (Å²) < 4.78 is 8.71. The van der Waals surface area contributed by atoms with E-state index in [2.05, 4.69) is 5.32 Å². The maximum atomic E-state index is 13.7. The molecule has 0 atom stereocenters. The first-order valence-corrected chi connectivity index (χ1v) is 12.4. The van der Waals surface area contributed by atoms with Crippen LogP contribution in [0.2, 0.25) is 0 Å². The van der Waals surface area contributed by atoms with Gasteiger partial charge in [-0.2, -0.15) is 0 Å². The molecule has 1 aliphatic rings. The van der Waals surface area contributed by atoms with Crippen LogP contribution < -0.4 is 15.6 Å². The van der Waals surface area contributed by atoms with Crippen LogP contribution in [0.15, 0.2) is 77.7 Å². The van der Waals surface area contributed by atoms with Gasteiger partial charge in [-0.15, -0.1) is 0 Å². The van der Waals surface area contributed by atoms with Crippen molar-refractivity contribution >= 4 is 11.4 Å². The summed E-state index contributed by atoms with van der Waals surface area (Å²) in [6.07, 6.45) is 8.45. The Morgan fingerprint density at radius 1 is 0.943 bits per heavy atom. The summed E-state index contributed by atoms with van der Waals surface area (Å²) >= 11 is 0. The predicted octanol–water partition coefficient (Wildman–Crippen LogP) is 5.28. The third-order valence-electron chi connectivity index (χ3n) is 6.92. The maximum Gasteiger partial charge on any atom is 0.275 e. The zero-order valence-corrected chi connectivity index (χ0v) is 20.1. The van der Waals surface area contributed by atoms with Gasteiger partial charge in [-0.05, 0) is 48.2 Å². The second kappa shape index (κ2) is 10.2. The van der Waals surface area contributed by atoms with E-state index in [4.69, 9.17) is 4.74 Å². The van der Waals surface area contributed by atoms with Crippen molar-refractivity contribution in [3.63, 3.8) is 0 Å². The Labute approximate surface area is 205 Å². The first-order chi connectivity index (χ1) is 17.1. The Bertz CT molecular complexity index is 1360. The Morgan fingerprint density at radius 3 is 2.34 bits per heavy atom. The molecule has 35 heavy (non-hydrogen) atoms. The molecule has 2 heterocycles. The number of carbonyl (C=O) groups excluding carboxylic acids is 1. The highest BCUT2D eigenvalue weighted by Crippen LogP contribution is 2.23. The third-order valence-corrected chi connectivity index (χ3v) is 6.92. The number of methoxy groups -OCH3 is 1. The lowest BCUT2D eigenvalue weighted by Gasteiger charge is -2.19. The smallest absolute Gasteiger partial charge is 0.275 e. The van der Waals surface area contributed by atoms with Crippen LogP contribution in [-0.4, -0.2) is 28.0 Å². The topological polar surface area (TPSA) is 64.7 Å². The van der Waals surface area contributed by atoms with Crippen LogP contribution in [0.25, 0.3) is 16.8 Å². The number of rotatable bonds is 6. The molecule has 0 radical (unpaired) electrons. The lowest BCUT2D eigenvalue weighted by atomic mass is 10.1. The minimum atomic E-state index is -0.197. The third kappa shape index (κ3) is 4.87. The Balaban J connectivity index is 1.59. The normalized spacial score (nSPS) is 14.5. The molecule has 2 aromatic carbocycles. The molecule has 2 aromatic heterocycles. The van der Waals surface area contributed by atoms with Crippen LogP contribution in [0.3, 0.4) is 0 Å². The summed E-state index contributed by atoms with van der Waals surface area (Å²) in [4.78, 5) is 27.3. The van der Waals surface area contributed by atoms with Crippen LogP contribution in [0.1, 0.15) is 54.6 Å². The minimum Gasteiger partial charge on any atom is -0.497 e. The van der Waals surface area contributed by atoms with Gasteiger partial charge in [-0.25, -0.2) is 0 Å². The van der Waals surface area contributed by atoms with E-state index >= 15 is 0 Å². The van der Waals surface area contributed by atoms with E-state index in [0.29, 0.717) is 17.8 Å². The van der Waals surface area contributed by atoms with Gasteiger partial charge in [0.1, 0.15) is 17.0 Å². The number of hydrogen-bond donors (Lipinski definition) is 1. The summed E-state index contributed by atoms with van der Waals surface area (Å²) in [6, 6.07) is 21.4. The van der Waals surface area contributed by atoms with Crippen molar-refractivity contribution in [2.75, 3.05) is 7.11 Å². The molecule has 1 N–H and O–H groups in total. The molecular formula is C29H31N3O3. The Hall–Kier alpha value is -3.80. The van der Waals surface area contributed by atoms with E-state index in [9.17, 15) is 9.59 Å². The van der Waals surface area contributed by atoms with Crippen LogP contribution in [-0.2, 0) is 6.54 Å². The number of amides is 1. The van der Waals surface area contributed by atoms with Crippen LogP contribution in [0, 0.1) is 0 Å². The highest BCUT2D eigenvalue weighted by atomic mass is 16.5. The number of carbonyl (C=O) groups is 1. The van der Waals surface area contributed by atoms with Crippen LogP contribution >= 0.6 is 0 Å². The maximum absolute atomic E-state index is 13.7. The van der Waals surface area contributed by atoms with E-state index in [1.54, 1.807) is 11.7 Å². The first-order valence-electron chi connectivity index (χ1n) is 12.4. The second-order valence-electron chi connectivity index (χ2n) is 9.26. The van der Waals surface area contributed by atoms with Gasteiger partial charge < -0.3 is 14.5 Å². The number of aromatic nitrogens is 2. The van der Waals surface area contributed by atoms with Gasteiger partial charge in [0.15, 0.2) is 0 Å². The van der Waals surface area contributed by atoms with Crippen molar-refractivity contribution in [2.24, 2.45) is 0 Å². The zero-order chi connectivity index (χ0) is 24.2. The van der Waals surface area contributed by atoms with Crippen LogP contribution in [0.5, 0.6) is 5.75 Å². The fraction of sp³-hybridized carbons (Fsp3) is 0.310. The van der Waals surface area contributed by atoms with Crippen molar-refractivity contribution in [3.8, 4) is 17.0 Å². The molecule has 180 valence electrons. The fourth-order valence-electron chi connectivity index (χ4n) is 4.98. The highest BCUT2D eigenvalue weighted by Gasteiger charge is 2.21. The van der Waals surface area contributed by atoms with E-state index in [1.165, 1.54) is 12.8 Å². The summed E-state index contributed by atoms with van der Waals surface area (Å²) in [5.74, 6) is 0.555. The van der Waals surface area contributed by atoms with Crippen molar-refractivity contribution in [3.05, 3.63) is 94.5 Å². The monoisotopic (exact) mass is 469 g/mol. The summed E-state index contributed by atoms with van der Waals surface area (Å²) in [5, 5.41) is 3.23. The van der Waals surface area contributed by atoms with Gasteiger partial charge in [-0.1, -0.05) is 68.1 Å². The van der Waals surface area contributed by atoms with Gasteiger partial charge in [0.05, 0.1) is 19.3 Å². The minimum absolute atomic E-state index is 0.142. The summed E-state index contributed by atoms with van der Waals surface area (Å²) in [5.41, 5.74) is 3.54. The average molecular weight is 470 g/mol. The van der Waals surface area contributed by atoms with Gasteiger partial charge in [-0.3, -0.25) is 14.2 Å². The number of hydrogen-bond acceptors (Lipinski definition) is 3. The van der Waals surface area contributed by atoms with Gasteiger partial charge in [0.2, 0.25) is 0 Å². The quantitative estimate of drug-likeness (QED) is 0.391. The number of nitrogens with one attached hydrogen (secondary N) is 1. The summed E-state index contributed by atoms with van der Waals surface area (Å²) in [7, 11) is 1.63. The molecule has 5 rings (SSSR count). The zero-order valence-electron chi connectivity index (χ0n) is 20.1. The van der Waals surface area contributed by atoms with Gasteiger partial charge in [0.25, 0.3) is 11.5 Å². The molecule has 0 aliphatic heterocycles. The lowest BCUT2D eigenvalue weighted by molar-refractivity contribution is 0.0922. The van der Waals surface area contributed by atoms with Gasteiger partial charge in [0, 0.05) is 12.2 Å². The van der Waals surface area contributed by atoms with Crippen LogP contribution in [0.4, 0.5) is 0 Å². The van der Waals surface area contributed by atoms with Crippen molar-refractivity contribution in [2.45, 2.75) is 51.1 Å². The Morgan fingerprint density at radius 2 is 1.66 bits per heavy atom. The molecule has 1 amide bonds. The van der Waals surface area contributed by atoms with E-state index in [-0.39, 0.29) is 17.5 Å². The molecule has 4 aromatic rings. The van der Waals surface area contributed by atoms with E-state index < -0.39 is 0 Å².